The van der Waals surface area contributed by atoms with E-state index in [0.29, 0.717) is 0 Å². The van der Waals surface area contributed by atoms with E-state index in [1.807, 2.05) is 0 Å². The van der Waals surface area contributed by atoms with E-state index < -0.39 is 20.7 Å². The van der Waals surface area contributed by atoms with Crippen molar-refractivity contribution >= 4 is 22.8 Å². The number of hydrogen-bond acceptors (Lipinski definition) is 3. The molecule has 0 spiro atoms. The molecule has 0 amide bonds. The molecular weight excluding hydrogens is 201 g/mol. The van der Waals surface area contributed by atoms with E-state index in [2.05, 4.69) is 12.8 Å². The summed E-state index contributed by atoms with van der Waals surface area (Å²) >= 11 is 3.36. The van der Waals surface area contributed by atoms with Crippen molar-refractivity contribution in [3.63, 3.8) is 0 Å². The van der Waals surface area contributed by atoms with Crippen molar-refractivity contribution < 1.29 is 12.8 Å². The van der Waals surface area contributed by atoms with E-state index in [1.54, 1.807) is 4.13 Å². The normalized spacial score (nSPS) is 11.5. The summed E-state index contributed by atoms with van der Waals surface area (Å²) in [7, 11) is -3.79. The summed E-state index contributed by atoms with van der Waals surface area (Å²) in [5.74, 6) is -0.793. The smallest absolute Gasteiger partial charge is 0.206 e. The highest BCUT2D eigenvalue weighted by Crippen LogP contribution is 2.12. The summed E-state index contributed by atoms with van der Waals surface area (Å²) in [6.07, 6.45) is 0. The zero-order valence-electron chi connectivity index (χ0n) is 5.86. The molecule has 6 heteroatoms. The molecule has 1 N–H and O–H groups in total. The molecule has 12 heavy (non-hydrogen) atoms. The minimum absolute atomic E-state index is 0.403. The number of hydrogen-bond donors (Lipinski definition) is 2. The van der Waals surface area contributed by atoms with Crippen LogP contribution >= 0.6 is 12.8 Å². The van der Waals surface area contributed by atoms with Gasteiger partial charge in [0.25, 0.3) is 10.0 Å². The predicted molar refractivity (Wildman–Crippen MR) is 45.7 cm³/mol. The van der Waals surface area contributed by atoms with E-state index in [1.165, 1.54) is 12.1 Å². The lowest BCUT2D eigenvalue weighted by Gasteiger charge is -2.01. The first-order chi connectivity index (χ1) is 5.58. The van der Waals surface area contributed by atoms with Gasteiger partial charge in [0.1, 0.15) is 10.7 Å². The van der Waals surface area contributed by atoms with Gasteiger partial charge in [0.15, 0.2) is 0 Å². The van der Waals surface area contributed by atoms with Gasteiger partial charge in [-0.15, -0.1) is 0 Å². The van der Waals surface area contributed by atoms with Gasteiger partial charge in [-0.25, -0.2) is 12.8 Å². The van der Waals surface area contributed by atoms with Crippen LogP contribution in [0.2, 0.25) is 0 Å². The molecule has 0 atom stereocenters. The number of thiol groups is 1. The molecule has 0 fully saturated rings. The maximum atomic E-state index is 12.8. The van der Waals surface area contributed by atoms with Crippen LogP contribution in [0.4, 0.5) is 4.39 Å². The zero-order chi connectivity index (χ0) is 9.19. The lowest BCUT2D eigenvalue weighted by Crippen LogP contribution is -2.14. The standard InChI is InChI=1S/C6H6FNO2S2/c7-5-3-1-2-4-6(5)12(9,10)8-11/h1-4,8,11H. The fraction of sp³-hybridized carbons (Fsp3) is 0. The lowest BCUT2D eigenvalue weighted by atomic mass is 10.4. The first kappa shape index (κ1) is 9.50. The van der Waals surface area contributed by atoms with Gasteiger partial charge in [0.2, 0.25) is 0 Å². The Balaban J connectivity index is 3.30. The minimum Gasteiger partial charge on any atom is -0.206 e. The number of nitrogens with one attached hydrogen (secondary N) is 1. The third-order valence-corrected chi connectivity index (χ3v) is 3.12. The Morgan fingerprint density at radius 3 is 2.42 bits per heavy atom. The second-order valence-electron chi connectivity index (χ2n) is 2.03. The monoisotopic (exact) mass is 207 g/mol. The van der Waals surface area contributed by atoms with E-state index >= 15 is 0 Å². The summed E-state index contributed by atoms with van der Waals surface area (Å²) in [5, 5.41) is 0. The third kappa shape index (κ3) is 1.77. The van der Waals surface area contributed by atoms with Crippen molar-refractivity contribution in [1.29, 1.82) is 0 Å². The van der Waals surface area contributed by atoms with Crippen LogP contribution < -0.4 is 4.13 Å². The van der Waals surface area contributed by atoms with Crippen LogP contribution in [0.15, 0.2) is 29.2 Å². The van der Waals surface area contributed by atoms with Gasteiger partial charge in [-0.1, -0.05) is 24.9 Å². The maximum absolute atomic E-state index is 12.8. The van der Waals surface area contributed by atoms with Gasteiger partial charge >= 0.3 is 0 Å². The predicted octanol–water partition coefficient (Wildman–Crippen LogP) is 0.949. The molecule has 0 aliphatic carbocycles. The van der Waals surface area contributed by atoms with Gasteiger partial charge in [-0.2, -0.15) is 4.13 Å². The van der Waals surface area contributed by atoms with E-state index in [0.717, 1.165) is 12.1 Å². The number of halogens is 1. The van der Waals surface area contributed by atoms with Crippen LogP contribution in [0.1, 0.15) is 0 Å². The summed E-state index contributed by atoms with van der Waals surface area (Å²) in [5.41, 5.74) is 0. The third-order valence-electron chi connectivity index (χ3n) is 1.25. The van der Waals surface area contributed by atoms with E-state index in [9.17, 15) is 12.8 Å². The van der Waals surface area contributed by atoms with Gasteiger partial charge in [0, 0.05) is 0 Å². The minimum atomic E-state index is -3.79. The number of benzene rings is 1. The van der Waals surface area contributed by atoms with Crippen LogP contribution in [-0.4, -0.2) is 8.42 Å². The highest BCUT2D eigenvalue weighted by atomic mass is 32.3. The number of rotatable bonds is 2. The van der Waals surface area contributed by atoms with Gasteiger partial charge in [-0.05, 0) is 12.1 Å². The molecule has 0 bridgehead atoms. The van der Waals surface area contributed by atoms with Crippen molar-refractivity contribution in [1.82, 2.24) is 4.13 Å². The SMILES string of the molecule is O=S(=O)(NS)c1ccccc1F. The van der Waals surface area contributed by atoms with Crippen LogP contribution in [0.5, 0.6) is 0 Å². The molecular formula is C6H6FNO2S2. The molecule has 0 unspecified atom stereocenters. The fourth-order valence-corrected chi connectivity index (χ4v) is 1.69. The Hall–Kier alpha value is -0.590. The van der Waals surface area contributed by atoms with Crippen molar-refractivity contribution in [3.05, 3.63) is 30.1 Å². The van der Waals surface area contributed by atoms with Crippen LogP contribution in [0, 0.1) is 5.82 Å². The summed E-state index contributed by atoms with van der Waals surface area (Å²) in [4.78, 5) is -0.403. The Morgan fingerprint density at radius 1 is 1.33 bits per heavy atom. The van der Waals surface area contributed by atoms with Crippen LogP contribution in [-0.2, 0) is 10.0 Å². The summed E-state index contributed by atoms with van der Waals surface area (Å²) in [6, 6.07) is 5.07. The molecule has 0 radical (unpaired) electrons. The molecule has 0 aliphatic heterocycles. The molecule has 3 nitrogen and oxygen atoms in total. The van der Waals surface area contributed by atoms with Crippen LogP contribution in [0.25, 0.3) is 0 Å². The first-order valence-electron chi connectivity index (χ1n) is 2.98. The number of sulfonamides is 1. The van der Waals surface area contributed by atoms with Crippen molar-refractivity contribution in [2.75, 3.05) is 0 Å². The lowest BCUT2D eigenvalue weighted by molar-refractivity contribution is 0.566. The van der Waals surface area contributed by atoms with Crippen LogP contribution in [0.3, 0.4) is 0 Å². The Kier molecular flexibility index (Phi) is 2.71. The molecule has 1 rings (SSSR count). The molecule has 0 saturated heterocycles. The first-order valence-corrected chi connectivity index (χ1v) is 4.91. The zero-order valence-corrected chi connectivity index (χ0v) is 7.57. The molecule has 0 aromatic heterocycles. The largest absolute Gasteiger partial charge is 0.252 e. The van der Waals surface area contributed by atoms with Crippen molar-refractivity contribution in [2.45, 2.75) is 4.90 Å². The van der Waals surface area contributed by atoms with Gasteiger partial charge in [0.05, 0.1) is 0 Å². The van der Waals surface area contributed by atoms with Gasteiger partial charge < -0.3 is 0 Å². The highest BCUT2D eigenvalue weighted by molar-refractivity contribution is 8.00. The Morgan fingerprint density at radius 2 is 1.92 bits per heavy atom. The molecule has 0 saturated carbocycles. The average molecular weight is 207 g/mol. The fourth-order valence-electron chi connectivity index (χ4n) is 0.712. The average Bonchev–Trinajstić information content (AvgIpc) is 2.05. The Labute approximate surface area is 75.2 Å². The Bertz CT molecular complexity index is 377. The molecule has 0 heterocycles. The highest BCUT2D eigenvalue weighted by Gasteiger charge is 2.15. The molecule has 66 valence electrons. The molecule has 1 aromatic carbocycles. The topological polar surface area (TPSA) is 46.2 Å². The molecule has 0 aliphatic rings. The second kappa shape index (κ2) is 3.42. The quantitative estimate of drug-likeness (QED) is 0.709. The summed E-state index contributed by atoms with van der Waals surface area (Å²) in [6.45, 7) is 0. The maximum Gasteiger partial charge on any atom is 0.252 e. The van der Waals surface area contributed by atoms with Crippen molar-refractivity contribution in [3.8, 4) is 0 Å². The summed E-state index contributed by atoms with van der Waals surface area (Å²) < 4.78 is 36.5. The van der Waals surface area contributed by atoms with E-state index in [-0.39, 0.29) is 0 Å². The molecule has 1 aromatic rings. The van der Waals surface area contributed by atoms with Crippen molar-refractivity contribution in [2.24, 2.45) is 0 Å². The second-order valence-corrected chi connectivity index (χ2v) is 4.20. The van der Waals surface area contributed by atoms with E-state index in [4.69, 9.17) is 0 Å². The van der Waals surface area contributed by atoms with Gasteiger partial charge in [-0.3, -0.25) is 0 Å².